The maximum absolute atomic E-state index is 11.8. The first-order valence-electron chi connectivity index (χ1n) is 6.91. The van der Waals surface area contributed by atoms with Crippen LogP contribution in [0.25, 0.3) is 11.3 Å². The number of rotatable bonds is 4. The SMILES string of the molecule is CCC(NC(=O)N(C)C)c1ccc(-c2csc(N)n2)cc1Cl. The molecule has 1 aromatic carbocycles. The van der Waals surface area contributed by atoms with E-state index in [2.05, 4.69) is 10.3 Å². The number of nitrogen functional groups attached to an aromatic ring is 1. The molecule has 22 heavy (non-hydrogen) atoms. The molecule has 118 valence electrons. The molecular formula is C15H19ClN4OS. The molecule has 1 unspecified atom stereocenters. The second kappa shape index (κ2) is 6.98. The second-order valence-corrected chi connectivity index (χ2v) is 6.41. The zero-order chi connectivity index (χ0) is 16.3. The second-order valence-electron chi connectivity index (χ2n) is 5.11. The first kappa shape index (κ1) is 16.6. The lowest BCUT2D eigenvalue weighted by atomic mass is 10.0. The summed E-state index contributed by atoms with van der Waals surface area (Å²) in [5.41, 5.74) is 8.27. The lowest BCUT2D eigenvalue weighted by Crippen LogP contribution is -2.37. The van der Waals surface area contributed by atoms with Crippen molar-refractivity contribution in [2.75, 3.05) is 19.8 Å². The molecule has 2 aromatic rings. The van der Waals surface area contributed by atoms with Crippen LogP contribution in [0.15, 0.2) is 23.6 Å². The highest BCUT2D eigenvalue weighted by Crippen LogP contribution is 2.31. The number of aromatic nitrogens is 1. The normalized spacial score (nSPS) is 12.0. The Morgan fingerprint density at radius 3 is 2.73 bits per heavy atom. The fraction of sp³-hybridized carbons (Fsp3) is 0.333. The van der Waals surface area contributed by atoms with Crippen LogP contribution in [-0.2, 0) is 0 Å². The van der Waals surface area contributed by atoms with Gasteiger partial charge in [0.15, 0.2) is 5.13 Å². The molecule has 0 aliphatic rings. The van der Waals surface area contributed by atoms with E-state index in [0.29, 0.717) is 10.2 Å². The Kier molecular flexibility index (Phi) is 5.26. The molecule has 3 N–H and O–H groups in total. The smallest absolute Gasteiger partial charge is 0.317 e. The highest BCUT2D eigenvalue weighted by molar-refractivity contribution is 7.13. The Balaban J connectivity index is 2.26. The van der Waals surface area contributed by atoms with Gasteiger partial charge in [-0.15, -0.1) is 11.3 Å². The summed E-state index contributed by atoms with van der Waals surface area (Å²) < 4.78 is 0. The molecule has 0 saturated carbocycles. The summed E-state index contributed by atoms with van der Waals surface area (Å²) in [6.45, 7) is 2.01. The molecular weight excluding hydrogens is 320 g/mol. The molecule has 1 aromatic heterocycles. The monoisotopic (exact) mass is 338 g/mol. The minimum absolute atomic E-state index is 0.128. The van der Waals surface area contributed by atoms with Crippen LogP contribution in [0.3, 0.4) is 0 Å². The number of hydrogen-bond donors (Lipinski definition) is 2. The molecule has 1 atom stereocenters. The fourth-order valence-corrected chi connectivity index (χ4v) is 2.95. The quantitative estimate of drug-likeness (QED) is 0.891. The van der Waals surface area contributed by atoms with E-state index in [1.54, 1.807) is 14.1 Å². The molecule has 5 nitrogen and oxygen atoms in total. The van der Waals surface area contributed by atoms with E-state index in [1.165, 1.54) is 16.2 Å². The fourth-order valence-electron chi connectivity index (χ4n) is 2.07. The largest absolute Gasteiger partial charge is 0.375 e. The third kappa shape index (κ3) is 3.69. The summed E-state index contributed by atoms with van der Waals surface area (Å²) in [6, 6.07) is 5.46. The van der Waals surface area contributed by atoms with Gasteiger partial charge in [-0.05, 0) is 18.1 Å². The maximum atomic E-state index is 11.8. The van der Waals surface area contributed by atoms with Crippen molar-refractivity contribution in [2.24, 2.45) is 0 Å². The van der Waals surface area contributed by atoms with E-state index in [4.69, 9.17) is 17.3 Å². The highest BCUT2D eigenvalue weighted by atomic mass is 35.5. The summed E-state index contributed by atoms with van der Waals surface area (Å²) in [7, 11) is 3.42. The standard InChI is InChI=1S/C15H19ClN4OS/c1-4-12(19-15(21)20(2)3)10-6-5-9(7-11(10)16)13-8-22-14(17)18-13/h5-8,12H,4H2,1-3H3,(H2,17,18)(H,19,21). The molecule has 0 bridgehead atoms. The molecule has 0 aliphatic heterocycles. The summed E-state index contributed by atoms with van der Waals surface area (Å²) in [5, 5.41) is 5.98. The number of hydrogen-bond acceptors (Lipinski definition) is 4. The number of nitrogens with one attached hydrogen (secondary N) is 1. The van der Waals surface area contributed by atoms with Crippen molar-refractivity contribution in [3.05, 3.63) is 34.2 Å². The summed E-state index contributed by atoms with van der Waals surface area (Å²) in [4.78, 5) is 17.6. The molecule has 0 aliphatic carbocycles. The molecule has 0 saturated heterocycles. The van der Waals surface area contributed by atoms with Gasteiger partial charge in [0.1, 0.15) is 0 Å². The van der Waals surface area contributed by atoms with Gasteiger partial charge in [-0.1, -0.05) is 30.7 Å². The Morgan fingerprint density at radius 1 is 1.50 bits per heavy atom. The van der Waals surface area contributed by atoms with Crippen LogP contribution in [0.2, 0.25) is 5.02 Å². The molecule has 2 rings (SSSR count). The van der Waals surface area contributed by atoms with Crippen molar-refractivity contribution in [3.8, 4) is 11.3 Å². The average molecular weight is 339 g/mol. The van der Waals surface area contributed by atoms with Crippen molar-refractivity contribution in [2.45, 2.75) is 19.4 Å². The van der Waals surface area contributed by atoms with E-state index in [-0.39, 0.29) is 12.1 Å². The van der Waals surface area contributed by atoms with Crippen molar-refractivity contribution >= 4 is 34.1 Å². The average Bonchev–Trinajstić information content (AvgIpc) is 2.91. The number of thiazole rings is 1. The van der Waals surface area contributed by atoms with Crippen molar-refractivity contribution in [1.29, 1.82) is 0 Å². The van der Waals surface area contributed by atoms with Gasteiger partial charge in [-0.3, -0.25) is 0 Å². The predicted octanol–water partition coefficient (Wildman–Crippen LogP) is 3.77. The van der Waals surface area contributed by atoms with Crippen LogP contribution in [0.1, 0.15) is 24.9 Å². The van der Waals surface area contributed by atoms with Crippen LogP contribution in [0.4, 0.5) is 9.93 Å². The Labute approximate surface area is 139 Å². The number of nitrogens with two attached hydrogens (primary N) is 1. The zero-order valence-corrected chi connectivity index (χ0v) is 14.3. The molecule has 7 heteroatoms. The number of carbonyl (C=O) groups excluding carboxylic acids is 1. The number of benzene rings is 1. The van der Waals surface area contributed by atoms with Gasteiger partial charge < -0.3 is 16.0 Å². The zero-order valence-electron chi connectivity index (χ0n) is 12.8. The topological polar surface area (TPSA) is 71.2 Å². The molecule has 0 fully saturated rings. The summed E-state index contributed by atoms with van der Waals surface area (Å²) in [5.74, 6) is 0. The third-order valence-corrected chi connectivity index (χ3v) is 4.31. The van der Waals surface area contributed by atoms with Crippen molar-refractivity contribution in [1.82, 2.24) is 15.2 Å². The van der Waals surface area contributed by atoms with Crippen LogP contribution in [0, 0.1) is 0 Å². The van der Waals surface area contributed by atoms with Crippen LogP contribution in [-0.4, -0.2) is 30.0 Å². The Hall–Kier alpha value is -1.79. The summed E-state index contributed by atoms with van der Waals surface area (Å²) >= 11 is 7.79. The van der Waals surface area contributed by atoms with Gasteiger partial charge in [0, 0.05) is 30.1 Å². The van der Waals surface area contributed by atoms with Gasteiger partial charge in [0.25, 0.3) is 0 Å². The van der Waals surface area contributed by atoms with Crippen LogP contribution in [0.5, 0.6) is 0 Å². The van der Waals surface area contributed by atoms with Gasteiger partial charge in [-0.2, -0.15) is 0 Å². The van der Waals surface area contributed by atoms with E-state index < -0.39 is 0 Å². The number of amides is 2. The maximum Gasteiger partial charge on any atom is 0.317 e. The van der Waals surface area contributed by atoms with Crippen LogP contribution < -0.4 is 11.1 Å². The van der Waals surface area contributed by atoms with Crippen molar-refractivity contribution in [3.63, 3.8) is 0 Å². The van der Waals surface area contributed by atoms with E-state index in [0.717, 1.165) is 23.2 Å². The minimum Gasteiger partial charge on any atom is -0.375 e. The lowest BCUT2D eigenvalue weighted by Gasteiger charge is -2.21. The van der Waals surface area contributed by atoms with E-state index in [1.807, 2.05) is 30.5 Å². The minimum atomic E-state index is -0.140. The highest BCUT2D eigenvalue weighted by Gasteiger charge is 2.17. The molecule has 2 amide bonds. The molecule has 0 radical (unpaired) electrons. The summed E-state index contributed by atoms with van der Waals surface area (Å²) in [6.07, 6.45) is 0.752. The molecule has 1 heterocycles. The van der Waals surface area contributed by atoms with Gasteiger partial charge in [0.05, 0.1) is 11.7 Å². The van der Waals surface area contributed by atoms with E-state index in [9.17, 15) is 4.79 Å². The first-order chi connectivity index (χ1) is 10.4. The number of nitrogens with zero attached hydrogens (tertiary/aromatic N) is 2. The molecule has 0 spiro atoms. The number of halogens is 1. The predicted molar refractivity (Wildman–Crippen MR) is 92.2 cm³/mol. The van der Waals surface area contributed by atoms with E-state index >= 15 is 0 Å². The lowest BCUT2D eigenvalue weighted by molar-refractivity contribution is 0.213. The number of urea groups is 1. The Morgan fingerprint density at radius 2 is 2.23 bits per heavy atom. The first-order valence-corrected chi connectivity index (χ1v) is 8.16. The van der Waals surface area contributed by atoms with Gasteiger partial charge >= 0.3 is 6.03 Å². The van der Waals surface area contributed by atoms with Gasteiger partial charge in [0.2, 0.25) is 0 Å². The third-order valence-electron chi connectivity index (χ3n) is 3.31. The van der Waals surface area contributed by atoms with Crippen molar-refractivity contribution < 1.29 is 4.79 Å². The van der Waals surface area contributed by atoms with Gasteiger partial charge in [-0.25, -0.2) is 9.78 Å². The number of carbonyl (C=O) groups is 1. The number of anilines is 1. The Bertz CT molecular complexity index is 671. The van der Waals surface area contributed by atoms with Crippen LogP contribution >= 0.6 is 22.9 Å².